The lowest BCUT2D eigenvalue weighted by atomic mass is 9.79. The Hall–Kier alpha value is -0.120. The molecule has 0 unspecified atom stereocenters. The highest BCUT2D eigenvalue weighted by molar-refractivity contribution is 4.89. The third kappa shape index (κ3) is 4.29. The molecule has 2 saturated heterocycles. The average molecular weight is 322 g/mol. The van der Waals surface area contributed by atoms with Crippen molar-refractivity contribution in [2.45, 2.75) is 77.9 Å². The van der Waals surface area contributed by atoms with Gasteiger partial charge in [-0.05, 0) is 57.8 Å². The van der Waals surface area contributed by atoms with E-state index in [0.717, 1.165) is 30.0 Å². The van der Waals surface area contributed by atoms with Crippen molar-refractivity contribution in [3.05, 3.63) is 0 Å². The quantitative estimate of drug-likeness (QED) is 0.786. The summed E-state index contributed by atoms with van der Waals surface area (Å²) in [4.78, 5) is 8.27. The molecule has 23 heavy (non-hydrogen) atoms. The summed E-state index contributed by atoms with van der Waals surface area (Å²) in [6, 6.07) is 2.44. The summed E-state index contributed by atoms with van der Waals surface area (Å²) in [6.45, 7) is 17.4. The molecule has 0 radical (unpaired) electrons. The first-order valence-corrected chi connectivity index (χ1v) is 10.3. The summed E-state index contributed by atoms with van der Waals surface area (Å²) >= 11 is 0. The van der Waals surface area contributed by atoms with E-state index in [0.29, 0.717) is 0 Å². The molecular formula is C20H39N3. The molecule has 3 rings (SSSR count). The van der Waals surface area contributed by atoms with Crippen molar-refractivity contribution in [1.82, 2.24) is 14.7 Å². The van der Waals surface area contributed by atoms with Crippen molar-refractivity contribution in [1.29, 1.82) is 0 Å². The molecule has 3 heteroatoms. The van der Waals surface area contributed by atoms with Crippen molar-refractivity contribution >= 4 is 0 Å². The van der Waals surface area contributed by atoms with Crippen molar-refractivity contribution in [2.24, 2.45) is 11.8 Å². The lowest BCUT2D eigenvalue weighted by molar-refractivity contribution is 0.0477. The van der Waals surface area contributed by atoms with Gasteiger partial charge in [-0.2, -0.15) is 0 Å². The molecule has 1 saturated carbocycles. The number of hydrogen-bond acceptors (Lipinski definition) is 3. The molecule has 3 fully saturated rings. The maximum Gasteiger partial charge on any atom is 0.0236 e. The van der Waals surface area contributed by atoms with Gasteiger partial charge in [0.05, 0.1) is 0 Å². The standard InChI is InChI=1S/C20H39N3/c1-16(2)18-5-7-19(8-6-18)21-11-13-22(14-12-21)20-9-10-23(15-20)17(3)4/h16-20H,5-15H2,1-4H3/t18?,19?,20-/m1/s1. The molecule has 0 aromatic rings. The molecule has 3 nitrogen and oxygen atoms in total. The van der Waals surface area contributed by atoms with Crippen LogP contribution in [0.4, 0.5) is 0 Å². The van der Waals surface area contributed by atoms with Crippen LogP contribution in [-0.4, -0.2) is 72.1 Å². The molecule has 0 amide bonds. The molecule has 0 bridgehead atoms. The molecule has 2 aliphatic heterocycles. The van der Waals surface area contributed by atoms with Crippen molar-refractivity contribution in [3.8, 4) is 0 Å². The minimum Gasteiger partial charge on any atom is -0.299 e. The first-order chi connectivity index (χ1) is 11.0. The molecule has 0 aromatic carbocycles. The van der Waals surface area contributed by atoms with Gasteiger partial charge in [0.1, 0.15) is 0 Å². The smallest absolute Gasteiger partial charge is 0.0236 e. The topological polar surface area (TPSA) is 9.72 Å². The van der Waals surface area contributed by atoms with Gasteiger partial charge in [-0.3, -0.25) is 14.7 Å². The van der Waals surface area contributed by atoms with Crippen LogP contribution >= 0.6 is 0 Å². The van der Waals surface area contributed by atoms with E-state index < -0.39 is 0 Å². The highest BCUT2D eigenvalue weighted by Crippen LogP contribution is 2.32. The van der Waals surface area contributed by atoms with Crippen LogP contribution in [0.5, 0.6) is 0 Å². The van der Waals surface area contributed by atoms with E-state index in [2.05, 4.69) is 42.4 Å². The van der Waals surface area contributed by atoms with Crippen LogP contribution < -0.4 is 0 Å². The Kier molecular flexibility index (Phi) is 6.03. The van der Waals surface area contributed by atoms with E-state index in [4.69, 9.17) is 0 Å². The van der Waals surface area contributed by atoms with E-state index in [1.807, 2.05) is 0 Å². The monoisotopic (exact) mass is 321 g/mol. The molecule has 0 aromatic heterocycles. The predicted octanol–water partition coefficient (Wildman–Crippen LogP) is 3.30. The van der Waals surface area contributed by atoms with E-state index >= 15 is 0 Å². The van der Waals surface area contributed by atoms with Crippen LogP contribution in [0.3, 0.4) is 0 Å². The Labute approximate surface area is 144 Å². The normalized spacial score (nSPS) is 35.5. The van der Waals surface area contributed by atoms with Crippen LogP contribution in [-0.2, 0) is 0 Å². The number of rotatable bonds is 4. The molecule has 0 spiro atoms. The van der Waals surface area contributed by atoms with Gasteiger partial charge >= 0.3 is 0 Å². The number of likely N-dealkylation sites (tertiary alicyclic amines) is 1. The van der Waals surface area contributed by atoms with Crippen LogP contribution in [0.15, 0.2) is 0 Å². The van der Waals surface area contributed by atoms with Gasteiger partial charge in [0, 0.05) is 57.4 Å². The van der Waals surface area contributed by atoms with Crippen LogP contribution in [0.2, 0.25) is 0 Å². The number of hydrogen-bond donors (Lipinski definition) is 0. The van der Waals surface area contributed by atoms with Gasteiger partial charge in [0.15, 0.2) is 0 Å². The first kappa shape index (κ1) is 17.7. The van der Waals surface area contributed by atoms with Gasteiger partial charge in [0.25, 0.3) is 0 Å². The predicted molar refractivity (Wildman–Crippen MR) is 98.8 cm³/mol. The summed E-state index contributed by atoms with van der Waals surface area (Å²) in [5.74, 6) is 1.88. The third-order valence-electron chi connectivity index (χ3n) is 6.99. The molecule has 0 N–H and O–H groups in total. The molecule has 1 aliphatic carbocycles. The van der Waals surface area contributed by atoms with Crippen LogP contribution in [0.1, 0.15) is 59.8 Å². The van der Waals surface area contributed by atoms with Gasteiger partial charge in [-0.1, -0.05) is 13.8 Å². The zero-order chi connectivity index (χ0) is 16.4. The first-order valence-electron chi connectivity index (χ1n) is 10.3. The maximum absolute atomic E-state index is 2.82. The SMILES string of the molecule is CC(C)C1CCC(N2CCN([C@@H]3CCN(C(C)C)C3)CC2)CC1. The summed E-state index contributed by atoms with van der Waals surface area (Å²) in [7, 11) is 0. The minimum atomic E-state index is 0.720. The average Bonchev–Trinajstić information content (AvgIpc) is 3.05. The number of nitrogens with zero attached hydrogens (tertiary/aromatic N) is 3. The molecule has 2 heterocycles. The van der Waals surface area contributed by atoms with Crippen molar-refractivity contribution in [2.75, 3.05) is 39.3 Å². The van der Waals surface area contributed by atoms with Crippen molar-refractivity contribution < 1.29 is 0 Å². The van der Waals surface area contributed by atoms with Crippen molar-refractivity contribution in [3.63, 3.8) is 0 Å². The van der Waals surface area contributed by atoms with Gasteiger partial charge in [-0.25, -0.2) is 0 Å². The summed E-state index contributed by atoms with van der Waals surface area (Å²) in [5.41, 5.74) is 0. The van der Waals surface area contributed by atoms with Gasteiger partial charge in [-0.15, -0.1) is 0 Å². The largest absolute Gasteiger partial charge is 0.299 e. The summed E-state index contributed by atoms with van der Waals surface area (Å²) in [5, 5.41) is 0. The Morgan fingerprint density at radius 1 is 0.652 bits per heavy atom. The minimum absolute atomic E-state index is 0.720. The van der Waals surface area contributed by atoms with Crippen LogP contribution in [0, 0.1) is 11.8 Å². The fourth-order valence-corrected chi connectivity index (χ4v) is 5.14. The second kappa shape index (κ2) is 7.84. The number of piperazine rings is 1. The Balaban J connectivity index is 1.41. The highest BCUT2D eigenvalue weighted by Gasteiger charge is 2.33. The maximum atomic E-state index is 2.82. The molecule has 134 valence electrons. The van der Waals surface area contributed by atoms with Crippen LogP contribution in [0.25, 0.3) is 0 Å². The van der Waals surface area contributed by atoms with E-state index in [-0.39, 0.29) is 0 Å². The second-order valence-electron chi connectivity index (χ2n) is 8.92. The fourth-order valence-electron chi connectivity index (χ4n) is 5.14. The van der Waals surface area contributed by atoms with Gasteiger partial charge in [0.2, 0.25) is 0 Å². The summed E-state index contributed by atoms with van der Waals surface area (Å²) < 4.78 is 0. The summed E-state index contributed by atoms with van der Waals surface area (Å²) in [6.07, 6.45) is 7.22. The Bertz CT molecular complexity index is 352. The third-order valence-corrected chi connectivity index (χ3v) is 6.99. The van der Waals surface area contributed by atoms with E-state index in [1.165, 1.54) is 71.4 Å². The zero-order valence-corrected chi connectivity index (χ0v) is 16.0. The Morgan fingerprint density at radius 2 is 1.22 bits per heavy atom. The van der Waals surface area contributed by atoms with Gasteiger partial charge < -0.3 is 0 Å². The molecular weight excluding hydrogens is 282 g/mol. The highest BCUT2D eigenvalue weighted by atomic mass is 15.3. The fraction of sp³-hybridized carbons (Fsp3) is 1.00. The zero-order valence-electron chi connectivity index (χ0n) is 16.0. The lowest BCUT2D eigenvalue weighted by Gasteiger charge is -2.44. The second-order valence-corrected chi connectivity index (χ2v) is 8.92. The van der Waals surface area contributed by atoms with E-state index in [9.17, 15) is 0 Å². The molecule has 1 atom stereocenters. The lowest BCUT2D eigenvalue weighted by Crippen LogP contribution is -2.54. The molecule has 3 aliphatic rings. The Morgan fingerprint density at radius 3 is 1.70 bits per heavy atom. The van der Waals surface area contributed by atoms with E-state index in [1.54, 1.807) is 0 Å².